The highest BCUT2D eigenvalue weighted by atomic mass is 16.5. The summed E-state index contributed by atoms with van der Waals surface area (Å²) in [6.07, 6.45) is 1.56. The van der Waals surface area contributed by atoms with Crippen LogP contribution >= 0.6 is 0 Å². The molecule has 3 rings (SSSR count). The number of carbonyl (C=O) groups is 2. The lowest BCUT2D eigenvalue weighted by Gasteiger charge is -2.26. The highest BCUT2D eigenvalue weighted by molar-refractivity contribution is 6.05. The molecule has 0 saturated carbocycles. The van der Waals surface area contributed by atoms with Gasteiger partial charge in [-0.1, -0.05) is 12.1 Å². The molecule has 158 valence electrons. The monoisotopic (exact) mass is 409 g/mol. The molecule has 2 aromatic carbocycles. The minimum absolute atomic E-state index is 0.181. The molecule has 0 aromatic heterocycles. The molecule has 0 saturated heterocycles. The van der Waals surface area contributed by atoms with Gasteiger partial charge in [0, 0.05) is 23.4 Å². The Hall–Kier alpha value is -3.35. The van der Waals surface area contributed by atoms with E-state index in [0.29, 0.717) is 30.2 Å². The van der Waals surface area contributed by atoms with Crippen molar-refractivity contribution in [2.45, 2.75) is 39.2 Å². The molecule has 0 fully saturated rings. The van der Waals surface area contributed by atoms with E-state index < -0.39 is 0 Å². The summed E-state index contributed by atoms with van der Waals surface area (Å²) in [6, 6.07) is 12.6. The van der Waals surface area contributed by atoms with E-state index in [2.05, 4.69) is 10.3 Å². The average Bonchev–Trinajstić information content (AvgIpc) is 2.74. The van der Waals surface area contributed by atoms with Crippen molar-refractivity contribution in [1.29, 1.82) is 0 Å². The van der Waals surface area contributed by atoms with Crippen molar-refractivity contribution < 1.29 is 19.1 Å². The van der Waals surface area contributed by atoms with Crippen LogP contribution in [-0.4, -0.2) is 37.0 Å². The van der Waals surface area contributed by atoms with Gasteiger partial charge in [0.2, 0.25) is 0 Å². The highest BCUT2D eigenvalue weighted by Crippen LogP contribution is 2.31. The van der Waals surface area contributed by atoms with Crippen LogP contribution < -0.4 is 15.8 Å². The first kappa shape index (κ1) is 21.4. The molecule has 1 amide bonds. The van der Waals surface area contributed by atoms with E-state index in [-0.39, 0.29) is 24.4 Å². The lowest BCUT2D eigenvalue weighted by molar-refractivity contribution is -0.145. The van der Waals surface area contributed by atoms with Gasteiger partial charge in [0.05, 0.1) is 13.0 Å². The second kappa shape index (κ2) is 9.91. The number of aryl methyl sites for hydroxylation is 1. The number of aliphatic imine (C=N–C) groups is 1. The number of hydrogen-bond donors (Lipinski definition) is 2. The summed E-state index contributed by atoms with van der Waals surface area (Å²) < 4.78 is 10.9. The average molecular weight is 409 g/mol. The van der Waals surface area contributed by atoms with Crippen LogP contribution in [0.5, 0.6) is 5.75 Å². The van der Waals surface area contributed by atoms with Gasteiger partial charge in [-0.2, -0.15) is 0 Å². The van der Waals surface area contributed by atoms with Gasteiger partial charge in [0.1, 0.15) is 17.7 Å². The minimum atomic E-state index is -0.247. The molecule has 0 bridgehead atoms. The highest BCUT2D eigenvalue weighted by Gasteiger charge is 2.23. The largest absolute Gasteiger partial charge is 0.490 e. The van der Waals surface area contributed by atoms with Gasteiger partial charge in [0.25, 0.3) is 5.91 Å². The number of hydrogen-bond acceptors (Lipinski definition) is 5. The summed E-state index contributed by atoms with van der Waals surface area (Å²) in [4.78, 5) is 28.4. The molecule has 1 aliphatic heterocycles. The van der Waals surface area contributed by atoms with E-state index in [1.165, 1.54) is 0 Å². The van der Waals surface area contributed by atoms with Crippen molar-refractivity contribution in [2.75, 3.05) is 18.5 Å². The topological polar surface area (TPSA) is 103 Å². The molecule has 7 heteroatoms. The molecule has 7 nitrogen and oxygen atoms in total. The van der Waals surface area contributed by atoms with Gasteiger partial charge in [-0.3, -0.25) is 14.6 Å². The van der Waals surface area contributed by atoms with Crippen LogP contribution in [0.3, 0.4) is 0 Å². The first-order valence-electron chi connectivity index (χ1n) is 10.2. The summed E-state index contributed by atoms with van der Waals surface area (Å²) >= 11 is 0. The predicted octanol–water partition coefficient (Wildman–Crippen LogP) is 3.31. The van der Waals surface area contributed by atoms with Crippen LogP contribution in [0.25, 0.3) is 0 Å². The van der Waals surface area contributed by atoms with E-state index in [9.17, 15) is 9.59 Å². The fourth-order valence-electron chi connectivity index (χ4n) is 3.33. The van der Waals surface area contributed by atoms with Crippen LogP contribution in [0.15, 0.2) is 47.5 Å². The van der Waals surface area contributed by atoms with Crippen LogP contribution in [-0.2, 0) is 16.0 Å². The molecule has 0 radical (unpaired) electrons. The third kappa shape index (κ3) is 5.37. The lowest BCUT2D eigenvalue weighted by atomic mass is 10.00. The molecule has 30 heavy (non-hydrogen) atoms. The summed E-state index contributed by atoms with van der Waals surface area (Å²) in [5.41, 5.74) is 8.91. The molecule has 1 atom stereocenters. The maximum Gasteiger partial charge on any atom is 0.309 e. The van der Waals surface area contributed by atoms with Crippen molar-refractivity contribution in [2.24, 2.45) is 10.7 Å². The fraction of sp³-hybridized carbons (Fsp3) is 0.348. The lowest BCUT2D eigenvalue weighted by Crippen LogP contribution is -2.26. The van der Waals surface area contributed by atoms with E-state index >= 15 is 0 Å². The van der Waals surface area contributed by atoms with Crippen molar-refractivity contribution >= 4 is 23.4 Å². The maximum absolute atomic E-state index is 12.6. The number of nitrogens with one attached hydrogen (secondary N) is 1. The van der Waals surface area contributed by atoms with Crippen molar-refractivity contribution in [1.82, 2.24) is 0 Å². The van der Waals surface area contributed by atoms with Crippen molar-refractivity contribution in [3.05, 3.63) is 59.2 Å². The van der Waals surface area contributed by atoms with E-state index in [1.807, 2.05) is 19.1 Å². The van der Waals surface area contributed by atoms with Gasteiger partial charge in [-0.25, -0.2) is 0 Å². The van der Waals surface area contributed by atoms with E-state index in [1.54, 1.807) is 37.3 Å². The Labute approximate surface area is 176 Å². The second-order valence-electron chi connectivity index (χ2n) is 7.00. The number of benzene rings is 2. The number of amides is 1. The Balaban J connectivity index is 1.62. The molecule has 3 N–H and O–H groups in total. The Morgan fingerprint density at radius 2 is 1.90 bits per heavy atom. The van der Waals surface area contributed by atoms with Gasteiger partial charge in [0.15, 0.2) is 0 Å². The minimum Gasteiger partial charge on any atom is -0.490 e. The van der Waals surface area contributed by atoms with Crippen LogP contribution in [0.2, 0.25) is 0 Å². The molecule has 2 aromatic rings. The third-order valence-corrected chi connectivity index (χ3v) is 4.82. The van der Waals surface area contributed by atoms with Crippen LogP contribution in [0, 0.1) is 0 Å². The Kier molecular flexibility index (Phi) is 7.06. The number of anilines is 1. The van der Waals surface area contributed by atoms with E-state index in [4.69, 9.17) is 15.2 Å². The quantitative estimate of drug-likeness (QED) is 0.415. The number of carbonyl (C=O) groups excluding carboxylic acids is 2. The van der Waals surface area contributed by atoms with Crippen molar-refractivity contribution in [3.8, 4) is 5.75 Å². The summed E-state index contributed by atoms with van der Waals surface area (Å²) in [5.74, 6) is 0.747. The molecule has 1 aliphatic rings. The molecule has 1 unspecified atom stereocenters. The van der Waals surface area contributed by atoms with Crippen LogP contribution in [0.1, 0.15) is 48.2 Å². The zero-order valence-corrected chi connectivity index (χ0v) is 17.3. The first-order valence-corrected chi connectivity index (χ1v) is 10.2. The van der Waals surface area contributed by atoms with Gasteiger partial charge < -0.3 is 20.5 Å². The standard InChI is InChI=1S/C23H27N3O4/c1-3-25-22(24)15-5-7-16(8-6-15)23(28)26-18-10-12-20-17(13-18)9-11-19(30-20)14-21(27)29-4-2/h5-8,10,12-13,19H,3-4,9,11,14H2,1-2H3,(H2,24,25)(H,26,28). The Morgan fingerprint density at radius 3 is 2.60 bits per heavy atom. The van der Waals surface area contributed by atoms with E-state index in [0.717, 1.165) is 29.7 Å². The summed E-state index contributed by atoms with van der Waals surface area (Å²) in [6.45, 7) is 4.68. The predicted molar refractivity (Wildman–Crippen MR) is 116 cm³/mol. The third-order valence-electron chi connectivity index (χ3n) is 4.82. The zero-order valence-electron chi connectivity index (χ0n) is 17.3. The van der Waals surface area contributed by atoms with Crippen molar-refractivity contribution in [3.63, 3.8) is 0 Å². The Morgan fingerprint density at radius 1 is 1.17 bits per heavy atom. The normalized spacial score (nSPS) is 15.7. The second-order valence-corrected chi connectivity index (χ2v) is 7.00. The smallest absolute Gasteiger partial charge is 0.309 e. The number of nitrogens with zero attached hydrogens (tertiary/aromatic N) is 1. The van der Waals surface area contributed by atoms with Gasteiger partial charge in [-0.05, 0) is 62.6 Å². The molecule has 0 spiro atoms. The first-order chi connectivity index (χ1) is 14.5. The SMILES string of the molecule is CCN=C(N)c1ccc(C(=O)Nc2ccc3c(c2)CCC(CC(=O)OCC)O3)cc1. The van der Waals surface area contributed by atoms with Gasteiger partial charge in [-0.15, -0.1) is 0 Å². The van der Waals surface area contributed by atoms with Gasteiger partial charge >= 0.3 is 5.97 Å². The molecular weight excluding hydrogens is 382 g/mol. The number of amidine groups is 1. The number of rotatable bonds is 7. The summed E-state index contributed by atoms with van der Waals surface area (Å²) in [5, 5.41) is 2.91. The Bertz CT molecular complexity index is 938. The number of fused-ring (bicyclic) bond motifs is 1. The zero-order chi connectivity index (χ0) is 21.5. The molecule has 0 aliphatic carbocycles. The summed E-state index contributed by atoms with van der Waals surface area (Å²) in [7, 11) is 0. The number of esters is 1. The maximum atomic E-state index is 12.6. The fourth-order valence-corrected chi connectivity index (χ4v) is 3.33. The molecular formula is C23H27N3O4. The number of ether oxygens (including phenoxy) is 2. The molecule has 1 heterocycles. The van der Waals surface area contributed by atoms with Crippen LogP contribution in [0.4, 0.5) is 5.69 Å². The number of nitrogens with two attached hydrogens (primary N) is 1.